The van der Waals surface area contributed by atoms with Crippen LogP contribution in [0.2, 0.25) is 0 Å². The normalized spacial score (nSPS) is 13.3. The van der Waals surface area contributed by atoms with Crippen molar-refractivity contribution in [1.29, 1.82) is 0 Å². The number of hydrogen-bond acceptors (Lipinski definition) is 6. The van der Waals surface area contributed by atoms with Gasteiger partial charge in [0.05, 0.1) is 22.3 Å². The molecule has 5 aromatic carbocycles. The molecule has 0 fully saturated rings. The summed E-state index contributed by atoms with van der Waals surface area (Å²) >= 11 is 2.77. The molecule has 1 aliphatic carbocycles. The van der Waals surface area contributed by atoms with Gasteiger partial charge < -0.3 is 5.73 Å². The number of nitrogens with two attached hydrogens (primary N) is 1. The molecular weight excluding hydrogens is 734 g/mol. The van der Waals surface area contributed by atoms with E-state index in [1.165, 1.54) is 60.7 Å². The molecule has 50 heavy (non-hydrogen) atoms. The monoisotopic (exact) mass is 751 g/mol. The molecule has 0 aliphatic heterocycles. The number of carbonyl (C=O) groups excluding carboxylic acids is 2. The van der Waals surface area contributed by atoms with Crippen LogP contribution in [0, 0.1) is 0 Å². The molecule has 5 aromatic rings. The maximum atomic E-state index is 14.5. The molecule has 256 valence electrons. The van der Waals surface area contributed by atoms with Crippen molar-refractivity contribution in [2.45, 2.75) is 47.9 Å². The van der Waals surface area contributed by atoms with Crippen LogP contribution in [0.3, 0.4) is 0 Å². The molecule has 0 radical (unpaired) electrons. The van der Waals surface area contributed by atoms with Gasteiger partial charge in [0.1, 0.15) is 0 Å². The highest BCUT2D eigenvalue weighted by Crippen LogP contribution is 2.47. The molecule has 2 N–H and O–H groups in total. The summed E-state index contributed by atoms with van der Waals surface area (Å²) in [7, 11) is 0. The van der Waals surface area contributed by atoms with Crippen molar-refractivity contribution >= 4 is 52.5 Å². The summed E-state index contributed by atoms with van der Waals surface area (Å²) in [4.78, 5) is 30.4. The van der Waals surface area contributed by atoms with E-state index in [1.807, 2.05) is 0 Å². The van der Waals surface area contributed by atoms with Gasteiger partial charge in [0.15, 0.2) is 11.6 Å². The van der Waals surface area contributed by atoms with Crippen LogP contribution in [0.1, 0.15) is 48.5 Å². The number of rotatable bonds is 6. The lowest BCUT2D eigenvalue weighted by Gasteiger charge is -2.25. The Labute approximate surface area is 290 Å². The van der Waals surface area contributed by atoms with Crippen LogP contribution in [0.4, 0.5) is 45.2 Å². The Balaban J connectivity index is 1.46. The quantitative estimate of drug-likeness (QED) is 0.135. The molecule has 0 amide bonds. The maximum absolute atomic E-state index is 14.5. The SMILES string of the molecule is Nc1ccc(Sc2ccc(C(F)(F)F)cc2)c2c1C(=O)c1c(Sc3ccc(C(F)(F)F)cc3)ccc(Sc3ccc(C(F)(F)F)cc3)c1C2=O. The summed E-state index contributed by atoms with van der Waals surface area (Å²) in [6, 6.07) is 18.3. The molecule has 0 saturated heterocycles. The molecule has 0 atom stereocenters. The fourth-order valence-electron chi connectivity index (χ4n) is 5.11. The van der Waals surface area contributed by atoms with Gasteiger partial charge in [-0.1, -0.05) is 35.3 Å². The fourth-order valence-corrected chi connectivity index (χ4v) is 7.98. The van der Waals surface area contributed by atoms with Crippen LogP contribution in [0.15, 0.2) is 126 Å². The van der Waals surface area contributed by atoms with E-state index in [1.54, 1.807) is 0 Å². The first-order valence-electron chi connectivity index (χ1n) is 14.2. The van der Waals surface area contributed by atoms with Crippen molar-refractivity contribution in [3.63, 3.8) is 0 Å². The topological polar surface area (TPSA) is 60.2 Å². The first-order valence-corrected chi connectivity index (χ1v) is 16.6. The highest BCUT2D eigenvalue weighted by molar-refractivity contribution is 8.00. The van der Waals surface area contributed by atoms with Crippen molar-refractivity contribution in [3.05, 3.63) is 136 Å². The molecule has 3 nitrogen and oxygen atoms in total. The molecule has 15 heteroatoms. The predicted molar refractivity (Wildman–Crippen MR) is 171 cm³/mol. The van der Waals surface area contributed by atoms with E-state index in [9.17, 15) is 49.1 Å². The van der Waals surface area contributed by atoms with Crippen molar-refractivity contribution in [3.8, 4) is 0 Å². The summed E-state index contributed by atoms with van der Waals surface area (Å²) in [5.74, 6) is -1.37. The second-order valence-electron chi connectivity index (χ2n) is 10.7. The average Bonchev–Trinajstić information content (AvgIpc) is 3.04. The minimum absolute atomic E-state index is 0.0629. The van der Waals surface area contributed by atoms with Gasteiger partial charge in [-0.3, -0.25) is 9.59 Å². The van der Waals surface area contributed by atoms with E-state index in [-0.39, 0.29) is 42.6 Å². The first kappa shape index (κ1) is 35.5. The number of carbonyl (C=O) groups is 2. The van der Waals surface area contributed by atoms with Crippen LogP contribution in [-0.4, -0.2) is 11.6 Å². The zero-order chi connectivity index (χ0) is 36.2. The smallest absolute Gasteiger partial charge is 0.398 e. The zero-order valence-corrected chi connectivity index (χ0v) is 27.2. The third-order valence-corrected chi connectivity index (χ3v) is 10.7. The number of anilines is 1. The lowest BCUT2D eigenvalue weighted by Crippen LogP contribution is -2.25. The summed E-state index contributed by atoms with van der Waals surface area (Å²) in [5.41, 5.74) is 3.01. The third kappa shape index (κ3) is 7.12. The van der Waals surface area contributed by atoms with Crippen LogP contribution >= 0.6 is 35.3 Å². The highest BCUT2D eigenvalue weighted by atomic mass is 32.2. The fraction of sp³-hybridized carbons (Fsp3) is 0.0857. The lowest BCUT2D eigenvalue weighted by atomic mass is 9.83. The molecule has 0 saturated carbocycles. The van der Waals surface area contributed by atoms with Crippen molar-refractivity contribution in [1.82, 2.24) is 0 Å². The first-order chi connectivity index (χ1) is 23.4. The van der Waals surface area contributed by atoms with Crippen molar-refractivity contribution < 1.29 is 49.1 Å². The minimum Gasteiger partial charge on any atom is -0.398 e. The van der Waals surface area contributed by atoms with Gasteiger partial charge in [-0.25, -0.2) is 0 Å². The molecule has 0 aromatic heterocycles. The predicted octanol–water partition coefficient (Wildman–Crippen LogP) is 11.6. The minimum atomic E-state index is -4.59. The number of alkyl halides is 9. The van der Waals surface area contributed by atoms with Gasteiger partial charge in [0.2, 0.25) is 0 Å². The van der Waals surface area contributed by atoms with E-state index in [4.69, 9.17) is 5.73 Å². The Bertz CT molecular complexity index is 2130. The van der Waals surface area contributed by atoms with E-state index >= 15 is 0 Å². The van der Waals surface area contributed by atoms with Crippen LogP contribution in [0.25, 0.3) is 0 Å². The van der Waals surface area contributed by atoms with Gasteiger partial charge in [-0.05, 0) is 97.1 Å². The van der Waals surface area contributed by atoms with Gasteiger partial charge in [-0.15, -0.1) is 0 Å². The maximum Gasteiger partial charge on any atom is 0.416 e. The Morgan fingerprint density at radius 1 is 0.380 bits per heavy atom. The zero-order valence-electron chi connectivity index (χ0n) is 24.8. The van der Waals surface area contributed by atoms with E-state index in [0.717, 1.165) is 71.7 Å². The van der Waals surface area contributed by atoms with E-state index in [0.29, 0.717) is 14.7 Å². The van der Waals surface area contributed by atoms with Gasteiger partial charge in [0, 0.05) is 51.8 Å². The summed E-state index contributed by atoms with van der Waals surface area (Å²) < 4.78 is 119. The highest BCUT2D eigenvalue weighted by Gasteiger charge is 2.38. The molecule has 0 heterocycles. The average molecular weight is 752 g/mol. The molecule has 6 rings (SSSR count). The van der Waals surface area contributed by atoms with Crippen LogP contribution in [0.5, 0.6) is 0 Å². The largest absolute Gasteiger partial charge is 0.416 e. The van der Waals surface area contributed by atoms with Gasteiger partial charge in [-0.2, -0.15) is 39.5 Å². The van der Waals surface area contributed by atoms with Gasteiger partial charge in [0.25, 0.3) is 0 Å². The third-order valence-electron chi connectivity index (χ3n) is 7.46. The van der Waals surface area contributed by atoms with Crippen molar-refractivity contribution in [2.24, 2.45) is 0 Å². The van der Waals surface area contributed by atoms with Gasteiger partial charge >= 0.3 is 18.5 Å². The molecular formula is C35H18F9NO2S3. The number of ketones is 2. The second kappa shape index (κ2) is 13.1. The van der Waals surface area contributed by atoms with Crippen molar-refractivity contribution in [2.75, 3.05) is 5.73 Å². The number of benzene rings is 5. The summed E-state index contributed by atoms with van der Waals surface area (Å²) in [6.45, 7) is 0. The van der Waals surface area contributed by atoms with E-state index < -0.39 is 46.8 Å². The van der Waals surface area contributed by atoms with Crippen LogP contribution in [-0.2, 0) is 18.5 Å². The Morgan fingerprint density at radius 2 is 0.640 bits per heavy atom. The number of halogens is 9. The number of fused-ring (bicyclic) bond motifs is 2. The second-order valence-corrected chi connectivity index (χ2v) is 14.1. The molecule has 1 aliphatic rings. The molecule has 0 spiro atoms. The number of nitrogen functional groups attached to an aromatic ring is 1. The Morgan fingerprint density at radius 3 is 0.940 bits per heavy atom. The Kier molecular flexibility index (Phi) is 9.29. The summed E-state index contributed by atoms with van der Waals surface area (Å²) in [5, 5.41) is 0. The molecule has 0 bridgehead atoms. The lowest BCUT2D eigenvalue weighted by molar-refractivity contribution is -0.138. The van der Waals surface area contributed by atoms with E-state index in [2.05, 4.69) is 0 Å². The Hall–Kier alpha value is -4.34. The molecule has 0 unspecified atom stereocenters. The summed E-state index contributed by atoms with van der Waals surface area (Å²) in [6.07, 6.45) is -13.8. The standard InChI is InChI=1S/C35H18F9NO2S3/c36-33(37,38)17-1-7-20(8-2-17)48-24-14-13-23(45)27-28(24)32(47)30-26(50-22-11-5-19(6-12-22)35(42,43)44)16-15-25(29(30)31(27)46)49-21-9-3-18(4-10-21)34(39,40)41/h1-16H,45H2. The number of hydrogen-bond donors (Lipinski definition) is 1. The van der Waals surface area contributed by atoms with Crippen LogP contribution < -0.4 is 5.73 Å².